The van der Waals surface area contributed by atoms with Gasteiger partial charge in [-0.1, -0.05) is 22.9 Å². The molecule has 0 N–H and O–H groups in total. The number of alkyl halides is 1. The number of unbranched alkanes of at least 4 members (excludes halogenated alkanes) is 1. The number of halogens is 1. The lowest BCUT2D eigenvalue weighted by Crippen LogP contribution is -2.34. The third-order valence-electron chi connectivity index (χ3n) is 2.42. The number of carbonyl (C=O) groups is 1. The van der Waals surface area contributed by atoms with Gasteiger partial charge in [-0.2, -0.15) is 0 Å². The van der Waals surface area contributed by atoms with E-state index >= 15 is 0 Å². The molecule has 0 saturated carbocycles. The highest BCUT2D eigenvalue weighted by Crippen LogP contribution is 2.06. The highest BCUT2D eigenvalue weighted by atomic mass is 79.9. The first kappa shape index (κ1) is 12.9. The van der Waals surface area contributed by atoms with E-state index in [1.54, 1.807) is 0 Å². The van der Waals surface area contributed by atoms with Gasteiger partial charge < -0.3 is 4.90 Å². The van der Waals surface area contributed by atoms with E-state index in [0.29, 0.717) is 12.5 Å². The molecule has 0 aromatic carbocycles. The number of amides is 1. The smallest absolute Gasteiger partial charge is 0.222 e. The summed E-state index contributed by atoms with van der Waals surface area (Å²) >= 11 is 3.35. The molecule has 0 aliphatic heterocycles. The summed E-state index contributed by atoms with van der Waals surface area (Å²) in [6.07, 6.45) is 3.79. The van der Waals surface area contributed by atoms with Crippen molar-refractivity contribution in [2.45, 2.75) is 45.6 Å². The Morgan fingerprint density at radius 1 is 1.46 bits per heavy atom. The summed E-state index contributed by atoms with van der Waals surface area (Å²) in [5, 5.41) is 0.993. The van der Waals surface area contributed by atoms with Gasteiger partial charge in [0.15, 0.2) is 0 Å². The molecule has 0 aliphatic rings. The molecule has 1 unspecified atom stereocenters. The van der Waals surface area contributed by atoms with Crippen LogP contribution in [-0.4, -0.2) is 29.2 Å². The molecule has 78 valence electrons. The Hall–Kier alpha value is -0.0500. The zero-order valence-electron chi connectivity index (χ0n) is 8.85. The molecule has 0 saturated heterocycles. The van der Waals surface area contributed by atoms with Crippen molar-refractivity contribution in [3.8, 4) is 0 Å². The van der Waals surface area contributed by atoms with Crippen molar-refractivity contribution >= 4 is 21.8 Å². The van der Waals surface area contributed by atoms with E-state index in [4.69, 9.17) is 0 Å². The van der Waals surface area contributed by atoms with Crippen LogP contribution < -0.4 is 0 Å². The van der Waals surface area contributed by atoms with E-state index in [9.17, 15) is 4.79 Å². The van der Waals surface area contributed by atoms with Crippen LogP contribution in [0.15, 0.2) is 0 Å². The molecule has 0 aromatic rings. The van der Waals surface area contributed by atoms with Gasteiger partial charge in [0.1, 0.15) is 0 Å². The third-order valence-corrected chi connectivity index (χ3v) is 2.98. The molecule has 0 radical (unpaired) electrons. The molecule has 0 aromatic heterocycles. The van der Waals surface area contributed by atoms with Gasteiger partial charge in [-0.3, -0.25) is 4.79 Å². The van der Waals surface area contributed by atoms with Crippen LogP contribution in [0, 0.1) is 0 Å². The molecule has 1 atom stereocenters. The summed E-state index contributed by atoms with van der Waals surface area (Å²) in [7, 11) is 1.89. The molecule has 0 rings (SSSR count). The molecular weight excluding hydrogens is 230 g/mol. The third kappa shape index (κ3) is 5.29. The number of hydrogen-bond donors (Lipinski definition) is 0. The van der Waals surface area contributed by atoms with E-state index in [0.717, 1.165) is 24.6 Å². The van der Waals surface area contributed by atoms with Crippen molar-refractivity contribution in [3.63, 3.8) is 0 Å². The van der Waals surface area contributed by atoms with Gasteiger partial charge in [0, 0.05) is 24.8 Å². The molecule has 1 amide bonds. The molecule has 0 spiro atoms. The van der Waals surface area contributed by atoms with Crippen molar-refractivity contribution in [3.05, 3.63) is 0 Å². The van der Waals surface area contributed by atoms with Crippen molar-refractivity contribution in [1.29, 1.82) is 0 Å². The van der Waals surface area contributed by atoms with E-state index in [1.165, 1.54) is 0 Å². The molecule has 13 heavy (non-hydrogen) atoms. The summed E-state index contributed by atoms with van der Waals surface area (Å²) in [6, 6.07) is 0.372. The van der Waals surface area contributed by atoms with Crippen LogP contribution in [-0.2, 0) is 4.79 Å². The number of carbonyl (C=O) groups excluding carboxylic acids is 1. The van der Waals surface area contributed by atoms with Crippen LogP contribution in [0.25, 0.3) is 0 Å². The van der Waals surface area contributed by atoms with Crippen molar-refractivity contribution in [1.82, 2.24) is 4.90 Å². The van der Waals surface area contributed by atoms with Crippen molar-refractivity contribution in [2.75, 3.05) is 12.4 Å². The minimum absolute atomic E-state index is 0.273. The number of rotatable bonds is 6. The minimum Gasteiger partial charge on any atom is -0.343 e. The number of hydrogen-bond acceptors (Lipinski definition) is 1. The SMILES string of the molecule is CCC(C)N(C)C(=O)CCCCBr. The second-order valence-corrected chi connectivity index (χ2v) is 4.20. The van der Waals surface area contributed by atoms with Crippen molar-refractivity contribution in [2.24, 2.45) is 0 Å². The van der Waals surface area contributed by atoms with Crippen LogP contribution in [0.1, 0.15) is 39.5 Å². The van der Waals surface area contributed by atoms with E-state index < -0.39 is 0 Å². The number of nitrogens with zero attached hydrogens (tertiary/aromatic N) is 1. The molecular formula is C10H20BrNO. The summed E-state index contributed by atoms with van der Waals surface area (Å²) in [5.74, 6) is 0.273. The fraction of sp³-hybridized carbons (Fsp3) is 0.900. The first-order valence-corrected chi connectivity index (χ1v) is 6.07. The summed E-state index contributed by atoms with van der Waals surface area (Å²) in [6.45, 7) is 4.19. The fourth-order valence-corrected chi connectivity index (χ4v) is 1.46. The molecule has 2 nitrogen and oxygen atoms in total. The zero-order chi connectivity index (χ0) is 10.3. The normalized spacial score (nSPS) is 12.6. The Bertz CT molecular complexity index is 150. The van der Waals surface area contributed by atoms with Gasteiger partial charge in [0.05, 0.1) is 0 Å². The lowest BCUT2D eigenvalue weighted by atomic mass is 10.2. The van der Waals surface area contributed by atoms with Gasteiger partial charge in [0.2, 0.25) is 5.91 Å². The maximum Gasteiger partial charge on any atom is 0.222 e. The zero-order valence-corrected chi connectivity index (χ0v) is 10.4. The second kappa shape index (κ2) is 7.36. The van der Waals surface area contributed by atoms with Crippen LogP contribution in [0.2, 0.25) is 0 Å². The average Bonchev–Trinajstić information content (AvgIpc) is 2.15. The topological polar surface area (TPSA) is 20.3 Å². The molecule has 3 heteroatoms. The van der Waals surface area contributed by atoms with Crippen LogP contribution in [0.4, 0.5) is 0 Å². The Morgan fingerprint density at radius 3 is 2.54 bits per heavy atom. The van der Waals surface area contributed by atoms with Gasteiger partial charge in [0.25, 0.3) is 0 Å². The first-order valence-electron chi connectivity index (χ1n) is 4.95. The average molecular weight is 250 g/mol. The highest BCUT2D eigenvalue weighted by Gasteiger charge is 2.12. The van der Waals surface area contributed by atoms with E-state index in [1.807, 2.05) is 11.9 Å². The fourth-order valence-electron chi connectivity index (χ4n) is 1.07. The predicted molar refractivity (Wildman–Crippen MR) is 60.2 cm³/mol. The van der Waals surface area contributed by atoms with E-state index in [2.05, 4.69) is 29.8 Å². The summed E-state index contributed by atoms with van der Waals surface area (Å²) < 4.78 is 0. The summed E-state index contributed by atoms with van der Waals surface area (Å²) in [4.78, 5) is 13.4. The van der Waals surface area contributed by atoms with Crippen LogP contribution >= 0.6 is 15.9 Å². The van der Waals surface area contributed by atoms with Crippen molar-refractivity contribution < 1.29 is 4.79 Å². The minimum atomic E-state index is 0.273. The largest absolute Gasteiger partial charge is 0.343 e. The lowest BCUT2D eigenvalue weighted by Gasteiger charge is -2.23. The van der Waals surface area contributed by atoms with Gasteiger partial charge in [-0.05, 0) is 26.2 Å². The van der Waals surface area contributed by atoms with Gasteiger partial charge in [-0.15, -0.1) is 0 Å². The lowest BCUT2D eigenvalue weighted by molar-refractivity contribution is -0.131. The molecule has 0 heterocycles. The summed E-state index contributed by atoms with van der Waals surface area (Å²) in [5.41, 5.74) is 0. The Morgan fingerprint density at radius 2 is 2.08 bits per heavy atom. The second-order valence-electron chi connectivity index (χ2n) is 3.41. The Labute approximate surface area is 89.8 Å². The van der Waals surface area contributed by atoms with Crippen LogP contribution in [0.5, 0.6) is 0 Å². The predicted octanol–water partition coefficient (Wildman–Crippen LogP) is 2.81. The van der Waals surface area contributed by atoms with Gasteiger partial charge >= 0.3 is 0 Å². The van der Waals surface area contributed by atoms with Crippen LogP contribution in [0.3, 0.4) is 0 Å². The molecule has 0 bridgehead atoms. The molecule has 0 aliphatic carbocycles. The highest BCUT2D eigenvalue weighted by molar-refractivity contribution is 9.09. The first-order chi connectivity index (χ1) is 6.13. The van der Waals surface area contributed by atoms with E-state index in [-0.39, 0.29) is 5.91 Å². The Kier molecular flexibility index (Phi) is 7.33. The Balaban J connectivity index is 3.69. The monoisotopic (exact) mass is 249 g/mol. The standard InChI is InChI=1S/C10H20BrNO/c1-4-9(2)12(3)10(13)7-5-6-8-11/h9H,4-8H2,1-3H3. The maximum absolute atomic E-state index is 11.5. The maximum atomic E-state index is 11.5. The quantitative estimate of drug-likeness (QED) is 0.524. The molecule has 0 fully saturated rings. The van der Waals surface area contributed by atoms with Gasteiger partial charge in [-0.25, -0.2) is 0 Å².